The van der Waals surface area contributed by atoms with E-state index in [4.69, 9.17) is 0 Å². The third-order valence-electron chi connectivity index (χ3n) is 6.44. The zero-order valence-electron chi connectivity index (χ0n) is 12.4. The summed E-state index contributed by atoms with van der Waals surface area (Å²) in [4.78, 5) is 12.3. The summed E-state index contributed by atoms with van der Waals surface area (Å²) in [6.07, 6.45) is 3.73. The number of phenolic OH excluding ortho intramolecular Hbond substituents is 1. The van der Waals surface area contributed by atoms with Crippen LogP contribution in [-0.2, 0) is 11.2 Å². The van der Waals surface area contributed by atoms with Crippen molar-refractivity contribution in [3.8, 4) is 5.75 Å². The van der Waals surface area contributed by atoms with Crippen LogP contribution in [-0.4, -0.2) is 22.1 Å². The Balaban J connectivity index is 1.77. The van der Waals surface area contributed by atoms with Crippen LogP contribution >= 0.6 is 0 Å². The second kappa shape index (κ2) is 4.33. The lowest BCUT2D eigenvalue weighted by molar-refractivity contribution is -0.131. The number of ketones is 1. The van der Waals surface area contributed by atoms with Gasteiger partial charge in [-0.2, -0.15) is 0 Å². The quantitative estimate of drug-likeness (QED) is 0.771. The van der Waals surface area contributed by atoms with Crippen molar-refractivity contribution >= 4 is 5.78 Å². The molecule has 0 radical (unpaired) electrons. The van der Waals surface area contributed by atoms with Crippen LogP contribution in [0.1, 0.15) is 49.7 Å². The first-order valence-electron chi connectivity index (χ1n) is 8.04. The summed E-state index contributed by atoms with van der Waals surface area (Å²) in [6, 6.07) is 5.57. The number of phenols is 1. The minimum Gasteiger partial charge on any atom is -0.508 e. The number of fused-ring (bicyclic) bond motifs is 5. The van der Waals surface area contributed by atoms with Crippen molar-refractivity contribution in [3.05, 3.63) is 29.3 Å². The molecular weight excluding hydrogens is 264 g/mol. The van der Waals surface area contributed by atoms with E-state index in [1.165, 1.54) is 5.56 Å². The highest BCUT2D eigenvalue weighted by Gasteiger charge is 2.56. The highest BCUT2D eigenvalue weighted by molar-refractivity contribution is 5.87. The number of aliphatic hydroxyl groups is 1. The monoisotopic (exact) mass is 286 g/mol. The van der Waals surface area contributed by atoms with Gasteiger partial charge in [-0.15, -0.1) is 0 Å². The number of Topliss-reactive ketones (excluding diaryl/α,β-unsaturated/α-hetero) is 1. The van der Waals surface area contributed by atoms with Gasteiger partial charge in [0.05, 0.1) is 6.10 Å². The number of aromatic hydroxyl groups is 1. The van der Waals surface area contributed by atoms with Crippen molar-refractivity contribution in [1.82, 2.24) is 0 Å². The van der Waals surface area contributed by atoms with Crippen LogP contribution in [0.5, 0.6) is 5.75 Å². The summed E-state index contributed by atoms with van der Waals surface area (Å²) in [5, 5.41) is 20.4. The van der Waals surface area contributed by atoms with Crippen molar-refractivity contribution < 1.29 is 15.0 Å². The summed E-state index contributed by atoms with van der Waals surface area (Å²) in [6.45, 7) is 2.11. The van der Waals surface area contributed by atoms with E-state index >= 15 is 0 Å². The van der Waals surface area contributed by atoms with E-state index in [0.717, 1.165) is 24.8 Å². The lowest BCUT2D eigenvalue weighted by Gasteiger charge is -2.50. The molecule has 0 bridgehead atoms. The summed E-state index contributed by atoms with van der Waals surface area (Å²) in [7, 11) is 0. The van der Waals surface area contributed by atoms with Crippen molar-refractivity contribution in [2.45, 2.75) is 51.0 Å². The molecule has 2 fully saturated rings. The molecule has 3 heteroatoms. The highest BCUT2D eigenvalue weighted by atomic mass is 16.3. The van der Waals surface area contributed by atoms with E-state index < -0.39 is 0 Å². The van der Waals surface area contributed by atoms with Crippen LogP contribution in [0.2, 0.25) is 0 Å². The van der Waals surface area contributed by atoms with Crippen molar-refractivity contribution in [2.75, 3.05) is 0 Å². The molecule has 0 heterocycles. The average molecular weight is 286 g/mol. The van der Waals surface area contributed by atoms with Crippen LogP contribution in [0.15, 0.2) is 18.2 Å². The molecule has 0 aromatic heterocycles. The van der Waals surface area contributed by atoms with Crippen LogP contribution < -0.4 is 0 Å². The summed E-state index contributed by atoms with van der Waals surface area (Å²) >= 11 is 0. The second-order valence-electron chi connectivity index (χ2n) is 7.36. The summed E-state index contributed by atoms with van der Waals surface area (Å²) in [5.74, 6) is 1.53. The van der Waals surface area contributed by atoms with E-state index in [1.807, 2.05) is 6.07 Å². The van der Waals surface area contributed by atoms with E-state index in [-0.39, 0.29) is 23.2 Å². The first kappa shape index (κ1) is 13.3. The van der Waals surface area contributed by atoms with Crippen molar-refractivity contribution in [1.29, 1.82) is 0 Å². The Bertz CT molecular complexity index is 608. The molecule has 2 N–H and O–H groups in total. The Morgan fingerprint density at radius 3 is 2.90 bits per heavy atom. The van der Waals surface area contributed by atoms with Gasteiger partial charge in [0.15, 0.2) is 0 Å². The van der Waals surface area contributed by atoms with Crippen molar-refractivity contribution in [2.24, 2.45) is 17.3 Å². The maximum absolute atomic E-state index is 12.3. The molecule has 0 unspecified atom stereocenters. The zero-order chi connectivity index (χ0) is 14.8. The Kier molecular flexibility index (Phi) is 2.74. The average Bonchev–Trinajstić information content (AvgIpc) is 2.74. The van der Waals surface area contributed by atoms with Crippen molar-refractivity contribution in [3.63, 3.8) is 0 Å². The maximum atomic E-state index is 12.3. The van der Waals surface area contributed by atoms with Crippen LogP contribution in [0.25, 0.3) is 0 Å². The van der Waals surface area contributed by atoms with E-state index in [1.54, 1.807) is 12.1 Å². The lowest BCUT2D eigenvalue weighted by Crippen LogP contribution is -2.48. The molecule has 5 atom stereocenters. The number of rotatable bonds is 0. The normalized spacial score (nSPS) is 41.3. The lowest BCUT2D eigenvalue weighted by atomic mass is 9.55. The summed E-state index contributed by atoms with van der Waals surface area (Å²) < 4.78 is 0. The number of carbonyl (C=O) groups excluding carboxylic acids is 1. The number of aliphatic hydroxyl groups excluding tert-OH is 1. The number of hydrogen-bond acceptors (Lipinski definition) is 3. The Labute approximate surface area is 125 Å². The molecule has 1 aromatic rings. The number of hydrogen-bond donors (Lipinski definition) is 2. The molecule has 0 aliphatic heterocycles. The molecule has 0 spiro atoms. The number of carbonyl (C=O) groups is 1. The predicted octanol–water partition coefficient (Wildman–Crippen LogP) is 2.79. The third kappa shape index (κ3) is 1.73. The fraction of sp³-hybridized carbons (Fsp3) is 0.611. The second-order valence-corrected chi connectivity index (χ2v) is 7.36. The van der Waals surface area contributed by atoms with Gasteiger partial charge < -0.3 is 10.2 Å². The first-order chi connectivity index (χ1) is 10.0. The van der Waals surface area contributed by atoms with Gasteiger partial charge in [-0.1, -0.05) is 13.0 Å². The maximum Gasteiger partial charge on any atom is 0.139 e. The third-order valence-corrected chi connectivity index (χ3v) is 6.44. The molecular formula is C18H22O3. The van der Waals surface area contributed by atoms with Gasteiger partial charge in [-0.25, -0.2) is 0 Å². The van der Waals surface area contributed by atoms with Crippen LogP contribution in [0.3, 0.4) is 0 Å². The Hall–Kier alpha value is -1.35. The van der Waals surface area contributed by atoms with Crippen LogP contribution in [0, 0.1) is 17.3 Å². The molecule has 3 aliphatic rings. The van der Waals surface area contributed by atoms with Gasteiger partial charge in [-0.05, 0) is 66.7 Å². The Morgan fingerprint density at radius 2 is 2.10 bits per heavy atom. The molecule has 0 amide bonds. The van der Waals surface area contributed by atoms with Gasteiger partial charge >= 0.3 is 0 Å². The van der Waals surface area contributed by atoms with E-state index in [0.29, 0.717) is 30.5 Å². The van der Waals surface area contributed by atoms with E-state index in [2.05, 4.69) is 6.92 Å². The van der Waals surface area contributed by atoms with Crippen LogP contribution in [0.4, 0.5) is 0 Å². The molecule has 4 rings (SSSR count). The molecule has 3 nitrogen and oxygen atoms in total. The fourth-order valence-corrected chi connectivity index (χ4v) is 5.36. The topological polar surface area (TPSA) is 57.5 Å². The first-order valence-corrected chi connectivity index (χ1v) is 8.04. The summed E-state index contributed by atoms with van der Waals surface area (Å²) in [5.41, 5.74) is 2.15. The van der Waals surface area contributed by atoms with Gasteiger partial charge in [-0.3, -0.25) is 4.79 Å². The number of benzene rings is 1. The Morgan fingerprint density at radius 1 is 1.29 bits per heavy atom. The fourth-order valence-electron chi connectivity index (χ4n) is 5.36. The molecule has 2 saturated carbocycles. The smallest absolute Gasteiger partial charge is 0.139 e. The van der Waals surface area contributed by atoms with Gasteiger partial charge in [0.1, 0.15) is 11.5 Å². The molecule has 112 valence electrons. The van der Waals surface area contributed by atoms with E-state index in [9.17, 15) is 15.0 Å². The van der Waals surface area contributed by atoms with Gasteiger partial charge in [0.25, 0.3) is 0 Å². The predicted molar refractivity (Wildman–Crippen MR) is 79.1 cm³/mol. The highest BCUT2D eigenvalue weighted by Crippen LogP contribution is 2.59. The molecule has 1 aromatic carbocycles. The zero-order valence-corrected chi connectivity index (χ0v) is 12.4. The SMILES string of the molecule is C[C@]12CC[C@@H]3c4ccc(O)cc4C[C@@H](O)[C@H]3[C@@H]1CCC2=O. The minimum atomic E-state index is -0.389. The standard InChI is InChI=1S/C18H22O3/c1-18-7-6-13-12-3-2-11(19)8-10(12)9-15(20)17(13)14(18)4-5-16(18)21/h2-3,8,13-15,17,19-20H,4-7,9H2,1H3/t13-,14+,15-,17-,18+/m1/s1. The van der Waals surface area contributed by atoms with Gasteiger partial charge in [0, 0.05) is 11.8 Å². The molecule has 21 heavy (non-hydrogen) atoms. The molecule has 3 aliphatic carbocycles. The van der Waals surface area contributed by atoms with Gasteiger partial charge in [0.2, 0.25) is 0 Å². The minimum absolute atomic E-state index is 0.201. The largest absolute Gasteiger partial charge is 0.508 e. The molecule has 0 saturated heterocycles.